The molecule has 3 rings (SSSR count). The van der Waals surface area contributed by atoms with E-state index < -0.39 is 0 Å². The Hall–Kier alpha value is -0.900. The summed E-state index contributed by atoms with van der Waals surface area (Å²) in [6.45, 7) is 1.39. The smallest absolute Gasteiger partial charge is 0.254 e. The monoisotopic (exact) mass is 283 g/mol. The van der Waals surface area contributed by atoms with E-state index in [9.17, 15) is 9.18 Å². The van der Waals surface area contributed by atoms with Crippen LogP contribution in [0.15, 0.2) is 16.6 Å². The Labute approximate surface area is 102 Å². The van der Waals surface area contributed by atoms with E-state index in [2.05, 4.69) is 15.9 Å². The van der Waals surface area contributed by atoms with Gasteiger partial charge in [-0.2, -0.15) is 0 Å². The van der Waals surface area contributed by atoms with Crippen LogP contribution in [-0.4, -0.2) is 17.4 Å². The Morgan fingerprint density at radius 2 is 2.19 bits per heavy atom. The molecular weight excluding hydrogens is 273 g/mol. The molecule has 2 aliphatic rings. The number of nitrogens with zero attached hydrogens (tertiary/aromatic N) is 1. The molecule has 0 N–H and O–H groups in total. The second-order valence-corrected chi connectivity index (χ2v) is 5.41. The summed E-state index contributed by atoms with van der Waals surface area (Å²) in [6, 6.07) is 3.06. The number of carbonyl (C=O) groups is 1. The van der Waals surface area contributed by atoms with Crippen molar-refractivity contribution in [2.24, 2.45) is 5.92 Å². The summed E-state index contributed by atoms with van der Waals surface area (Å²) in [5.74, 6) is 0.425. The first-order valence-electron chi connectivity index (χ1n) is 5.42. The molecule has 1 aliphatic carbocycles. The molecule has 0 bridgehead atoms. The molecule has 1 saturated carbocycles. The third-order valence-corrected chi connectivity index (χ3v) is 3.81. The number of benzene rings is 1. The zero-order valence-electron chi connectivity index (χ0n) is 8.67. The van der Waals surface area contributed by atoms with Crippen LogP contribution in [0.3, 0.4) is 0 Å². The minimum Gasteiger partial charge on any atom is -0.334 e. The molecule has 0 aromatic heterocycles. The average molecular weight is 284 g/mol. The van der Waals surface area contributed by atoms with Gasteiger partial charge in [-0.1, -0.05) is 0 Å². The van der Waals surface area contributed by atoms with E-state index in [0.717, 1.165) is 12.1 Å². The first-order valence-corrected chi connectivity index (χ1v) is 6.21. The van der Waals surface area contributed by atoms with Crippen molar-refractivity contribution in [1.29, 1.82) is 0 Å². The minimum atomic E-state index is -0.292. The Balaban J connectivity index is 1.90. The van der Waals surface area contributed by atoms with Gasteiger partial charge < -0.3 is 4.90 Å². The second-order valence-electron chi connectivity index (χ2n) is 4.55. The summed E-state index contributed by atoms with van der Waals surface area (Å²) in [5, 5.41) is 0. The summed E-state index contributed by atoms with van der Waals surface area (Å²) in [5.41, 5.74) is 1.46. The Morgan fingerprint density at radius 1 is 1.44 bits per heavy atom. The molecule has 0 spiro atoms. The lowest BCUT2D eigenvalue weighted by Gasteiger charge is -2.14. The van der Waals surface area contributed by atoms with Gasteiger partial charge in [-0.15, -0.1) is 0 Å². The van der Waals surface area contributed by atoms with Crippen molar-refractivity contribution in [3.8, 4) is 0 Å². The van der Waals surface area contributed by atoms with Gasteiger partial charge in [-0.25, -0.2) is 4.39 Å². The van der Waals surface area contributed by atoms with Gasteiger partial charge >= 0.3 is 0 Å². The van der Waals surface area contributed by atoms with Gasteiger partial charge in [0.2, 0.25) is 0 Å². The normalized spacial score (nSPS) is 19.1. The number of halogens is 2. The fourth-order valence-electron chi connectivity index (χ4n) is 2.13. The van der Waals surface area contributed by atoms with Crippen LogP contribution in [0, 0.1) is 11.7 Å². The highest BCUT2D eigenvalue weighted by atomic mass is 79.9. The number of carbonyl (C=O) groups excluding carboxylic acids is 1. The zero-order chi connectivity index (χ0) is 11.3. The highest BCUT2D eigenvalue weighted by Crippen LogP contribution is 2.34. The van der Waals surface area contributed by atoms with E-state index >= 15 is 0 Å². The summed E-state index contributed by atoms with van der Waals surface area (Å²) in [6.07, 6.45) is 2.44. The topological polar surface area (TPSA) is 20.3 Å². The fraction of sp³-hybridized carbons (Fsp3) is 0.417. The van der Waals surface area contributed by atoms with Crippen LogP contribution >= 0.6 is 15.9 Å². The maximum atomic E-state index is 13.3. The molecule has 0 atom stereocenters. The average Bonchev–Trinajstić information content (AvgIpc) is 3.00. The molecule has 1 aromatic rings. The Kier molecular flexibility index (Phi) is 2.28. The summed E-state index contributed by atoms with van der Waals surface area (Å²) in [4.78, 5) is 13.8. The molecule has 0 unspecified atom stereocenters. The lowest BCUT2D eigenvalue weighted by Crippen LogP contribution is -2.26. The van der Waals surface area contributed by atoms with Crippen LogP contribution in [0.1, 0.15) is 28.8 Å². The van der Waals surface area contributed by atoms with E-state index in [1.54, 1.807) is 6.07 Å². The van der Waals surface area contributed by atoms with Crippen LogP contribution in [0.5, 0.6) is 0 Å². The molecule has 1 amide bonds. The van der Waals surface area contributed by atoms with Gasteiger partial charge in [0.25, 0.3) is 5.91 Å². The van der Waals surface area contributed by atoms with E-state index in [4.69, 9.17) is 0 Å². The SMILES string of the molecule is O=C1c2cc(Br)c(F)cc2CN1CC1CC1. The summed E-state index contributed by atoms with van der Waals surface area (Å²) < 4.78 is 13.7. The van der Waals surface area contributed by atoms with Crippen molar-refractivity contribution in [3.63, 3.8) is 0 Å². The second kappa shape index (κ2) is 3.55. The molecule has 0 radical (unpaired) electrons. The number of amides is 1. The van der Waals surface area contributed by atoms with Crippen molar-refractivity contribution in [3.05, 3.63) is 33.5 Å². The highest BCUT2D eigenvalue weighted by molar-refractivity contribution is 9.10. The van der Waals surface area contributed by atoms with Crippen LogP contribution in [0.4, 0.5) is 4.39 Å². The third kappa shape index (κ3) is 1.65. The predicted molar refractivity (Wildman–Crippen MR) is 61.6 cm³/mol. The lowest BCUT2D eigenvalue weighted by molar-refractivity contribution is 0.0771. The van der Waals surface area contributed by atoms with E-state index in [1.807, 2.05) is 4.90 Å². The first-order chi connectivity index (χ1) is 7.65. The Bertz CT molecular complexity index is 470. The van der Waals surface area contributed by atoms with Gasteiger partial charge in [0, 0.05) is 18.7 Å². The maximum Gasteiger partial charge on any atom is 0.254 e. The summed E-state index contributed by atoms with van der Waals surface area (Å²) in [7, 11) is 0. The van der Waals surface area contributed by atoms with E-state index in [0.29, 0.717) is 22.5 Å². The van der Waals surface area contributed by atoms with Crippen molar-refractivity contribution < 1.29 is 9.18 Å². The van der Waals surface area contributed by atoms with Crippen LogP contribution in [-0.2, 0) is 6.54 Å². The quantitative estimate of drug-likeness (QED) is 0.817. The standard InChI is InChI=1S/C12H11BrFNO/c13-10-4-9-8(3-11(10)14)6-15(12(9)16)5-7-1-2-7/h3-4,7H,1-2,5-6H2. The largest absolute Gasteiger partial charge is 0.334 e. The van der Waals surface area contributed by atoms with Crippen molar-refractivity contribution in [2.75, 3.05) is 6.54 Å². The predicted octanol–water partition coefficient (Wildman–Crippen LogP) is 2.95. The third-order valence-electron chi connectivity index (χ3n) is 3.20. The van der Waals surface area contributed by atoms with Crippen molar-refractivity contribution in [1.82, 2.24) is 4.90 Å². The maximum absolute atomic E-state index is 13.3. The van der Waals surface area contributed by atoms with Gasteiger partial charge in [0.15, 0.2) is 0 Å². The van der Waals surface area contributed by atoms with Crippen LogP contribution < -0.4 is 0 Å². The molecule has 16 heavy (non-hydrogen) atoms. The molecule has 2 nitrogen and oxygen atoms in total. The number of hydrogen-bond donors (Lipinski definition) is 0. The minimum absolute atomic E-state index is 0.0441. The van der Waals surface area contributed by atoms with Gasteiger partial charge in [0.1, 0.15) is 5.82 Å². The van der Waals surface area contributed by atoms with Crippen LogP contribution in [0.2, 0.25) is 0 Å². The van der Waals surface area contributed by atoms with Gasteiger partial charge in [0.05, 0.1) is 4.47 Å². The molecule has 1 aliphatic heterocycles. The molecular formula is C12H11BrFNO. The van der Waals surface area contributed by atoms with Crippen molar-refractivity contribution >= 4 is 21.8 Å². The summed E-state index contributed by atoms with van der Waals surface area (Å²) >= 11 is 3.11. The highest BCUT2D eigenvalue weighted by Gasteiger charge is 2.33. The van der Waals surface area contributed by atoms with Crippen LogP contribution in [0.25, 0.3) is 0 Å². The number of rotatable bonds is 2. The number of fused-ring (bicyclic) bond motifs is 1. The Morgan fingerprint density at radius 3 is 2.88 bits per heavy atom. The van der Waals surface area contributed by atoms with E-state index in [-0.39, 0.29) is 11.7 Å². The number of hydrogen-bond acceptors (Lipinski definition) is 1. The lowest BCUT2D eigenvalue weighted by atomic mass is 10.1. The van der Waals surface area contributed by atoms with Gasteiger partial charge in [-0.05, 0) is 52.4 Å². The fourth-order valence-corrected chi connectivity index (χ4v) is 2.47. The molecule has 1 heterocycles. The van der Waals surface area contributed by atoms with Crippen molar-refractivity contribution in [2.45, 2.75) is 19.4 Å². The van der Waals surface area contributed by atoms with Gasteiger partial charge in [-0.3, -0.25) is 4.79 Å². The molecule has 84 valence electrons. The zero-order valence-corrected chi connectivity index (χ0v) is 10.3. The molecule has 1 aromatic carbocycles. The molecule has 1 fully saturated rings. The van der Waals surface area contributed by atoms with E-state index in [1.165, 1.54) is 18.9 Å². The first kappa shape index (κ1) is 10.3. The molecule has 4 heteroatoms. The molecule has 0 saturated heterocycles.